The molecule has 4 N–H and O–H groups in total. The van der Waals surface area contributed by atoms with Gasteiger partial charge in [0, 0.05) is 5.75 Å². The van der Waals surface area contributed by atoms with E-state index >= 15 is 0 Å². The van der Waals surface area contributed by atoms with Crippen molar-refractivity contribution in [3.8, 4) is 0 Å². The van der Waals surface area contributed by atoms with Crippen LogP contribution in [0.1, 0.15) is 15.9 Å². The summed E-state index contributed by atoms with van der Waals surface area (Å²) >= 11 is 1.64. The van der Waals surface area contributed by atoms with Crippen molar-refractivity contribution in [2.75, 3.05) is 19.8 Å². The first kappa shape index (κ1) is 13.9. The quantitative estimate of drug-likeness (QED) is 0.600. The minimum atomic E-state index is -0.922. The Morgan fingerprint density at radius 3 is 2.42 bits per heavy atom. The van der Waals surface area contributed by atoms with E-state index in [1.807, 2.05) is 14.1 Å². The largest absolute Gasteiger partial charge is 0.478 e. The summed E-state index contributed by atoms with van der Waals surface area (Å²) in [6, 6.07) is 6.72. The molecule has 19 heavy (non-hydrogen) atoms. The second-order valence-corrected chi connectivity index (χ2v) is 5.21. The topological polar surface area (TPSA) is 85.8 Å². The Hall–Kier alpha value is -1.57. The van der Waals surface area contributed by atoms with Crippen molar-refractivity contribution in [1.29, 1.82) is 0 Å². The smallest absolute Gasteiger partial charge is 0.335 e. The zero-order valence-corrected chi connectivity index (χ0v) is 11.5. The van der Waals surface area contributed by atoms with Gasteiger partial charge in [0.1, 0.15) is 0 Å². The van der Waals surface area contributed by atoms with Gasteiger partial charge in [-0.1, -0.05) is 23.9 Å². The second-order valence-electron chi connectivity index (χ2n) is 4.02. The number of rotatable bonds is 4. The van der Waals surface area contributed by atoms with Crippen molar-refractivity contribution in [3.63, 3.8) is 0 Å². The fourth-order valence-electron chi connectivity index (χ4n) is 1.72. The number of carbonyl (C=O) groups is 1. The van der Waals surface area contributed by atoms with Crippen molar-refractivity contribution in [2.45, 2.75) is 5.12 Å². The lowest BCUT2D eigenvalue weighted by Crippen LogP contribution is -2.62. The summed E-state index contributed by atoms with van der Waals surface area (Å²) in [7, 11) is 3.69. The van der Waals surface area contributed by atoms with E-state index in [9.17, 15) is 4.79 Å². The number of carboxylic acids is 1. The van der Waals surface area contributed by atoms with Crippen LogP contribution in [0, 0.1) is 0 Å². The van der Waals surface area contributed by atoms with Crippen LogP contribution in [0.2, 0.25) is 0 Å². The maximum atomic E-state index is 10.8. The molecule has 0 saturated carbocycles. The predicted molar refractivity (Wildman–Crippen MR) is 76.4 cm³/mol. The van der Waals surface area contributed by atoms with Gasteiger partial charge >= 0.3 is 5.97 Å². The lowest BCUT2D eigenvalue weighted by Gasteiger charge is -2.35. The van der Waals surface area contributed by atoms with Crippen molar-refractivity contribution in [2.24, 2.45) is 5.10 Å². The molecule has 0 aromatic heterocycles. The Balaban J connectivity index is 2.16. The third-order valence-corrected chi connectivity index (χ3v) is 4.29. The van der Waals surface area contributed by atoms with E-state index in [1.54, 1.807) is 36.0 Å². The molecule has 0 spiro atoms. The molecule has 0 amide bonds. The Bertz CT molecular complexity index is 497. The molecular formula is C12H16N4O2S. The van der Waals surface area contributed by atoms with E-state index in [2.05, 4.69) is 21.2 Å². The molecular weight excluding hydrogens is 264 g/mol. The van der Waals surface area contributed by atoms with Crippen molar-refractivity contribution >= 4 is 23.4 Å². The number of hydrogen-bond acceptors (Lipinski definition) is 6. The molecule has 0 bridgehead atoms. The van der Waals surface area contributed by atoms with E-state index in [-0.39, 0.29) is 5.56 Å². The fourth-order valence-corrected chi connectivity index (χ4v) is 2.70. The van der Waals surface area contributed by atoms with Crippen LogP contribution >= 0.6 is 11.8 Å². The van der Waals surface area contributed by atoms with Crippen LogP contribution in [0.15, 0.2) is 29.4 Å². The Labute approximate surface area is 115 Å². The third-order valence-electron chi connectivity index (χ3n) is 2.94. The van der Waals surface area contributed by atoms with Crippen LogP contribution in [0.4, 0.5) is 0 Å². The van der Waals surface area contributed by atoms with Crippen LogP contribution in [0.5, 0.6) is 0 Å². The molecule has 1 aliphatic rings. The zero-order chi connectivity index (χ0) is 13.9. The minimum Gasteiger partial charge on any atom is -0.478 e. The summed E-state index contributed by atoms with van der Waals surface area (Å²) in [4.78, 5) is 10.8. The number of nitrogens with zero attached hydrogens (tertiary/aromatic N) is 1. The Morgan fingerprint density at radius 2 is 2.00 bits per heavy atom. The SMILES string of the molecule is CNC1(NC)NN=C(c2ccc(C(=O)O)cc2)CS1. The molecule has 0 fully saturated rings. The number of nitrogens with one attached hydrogen (secondary N) is 3. The van der Waals surface area contributed by atoms with E-state index in [4.69, 9.17) is 5.11 Å². The van der Waals surface area contributed by atoms with Crippen LogP contribution in [-0.4, -0.2) is 41.8 Å². The first-order valence-corrected chi connectivity index (χ1v) is 6.78. The van der Waals surface area contributed by atoms with Crippen molar-refractivity contribution in [3.05, 3.63) is 35.4 Å². The lowest BCUT2D eigenvalue weighted by molar-refractivity contribution is 0.0697. The predicted octanol–water partition coefficient (Wildman–Crippen LogP) is 0.475. The van der Waals surface area contributed by atoms with Gasteiger partial charge in [-0.25, -0.2) is 4.79 Å². The van der Waals surface area contributed by atoms with Crippen LogP contribution in [0.25, 0.3) is 0 Å². The van der Waals surface area contributed by atoms with Gasteiger partial charge in [0.25, 0.3) is 0 Å². The van der Waals surface area contributed by atoms with Gasteiger partial charge in [0.15, 0.2) is 0 Å². The van der Waals surface area contributed by atoms with Crippen LogP contribution in [-0.2, 0) is 0 Å². The van der Waals surface area contributed by atoms with Crippen LogP contribution in [0.3, 0.4) is 0 Å². The highest BCUT2D eigenvalue weighted by Crippen LogP contribution is 2.22. The molecule has 6 nitrogen and oxygen atoms in total. The van der Waals surface area contributed by atoms with Gasteiger partial charge in [-0.3, -0.25) is 16.1 Å². The average Bonchev–Trinajstić information content (AvgIpc) is 2.47. The summed E-state index contributed by atoms with van der Waals surface area (Å²) in [5.74, 6) is -0.199. The first-order chi connectivity index (χ1) is 9.10. The van der Waals surface area contributed by atoms with E-state index in [0.717, 1.165) is 17.0 Å². The molecule has 1 heterocycles. The van der Waals surface area contributed by atoms with Gasteiger partial charge in [-0.05, 0) is 31.8 Å². The van der Waals surface area contributed by atoms with Crippen molar-refractivity contribution in [1.82, 2.24) is 16.1 Å². The molecule has 1 aliphatic heterocycles. The van der Waals surface area contributed by atoms with E-state index < -0.39 is 11.1 Å². The molecule has 1 aromatic rings. The molecule has 102 valence electrons. The standard InChI is InChI=1S/C12H16N4O2S/c1-13-12(14-2)16-15-10(7-19-12)8-3-5-9(6-4-8)11(17)18/h3-6,13-14,16H,7H2,1-2H3,(H,17,18). The van der Waals surface area contributed by atoms with Gasteiger partial charge in [0.05, 0.1) is 11.3 Å². The molecule has 0 aliphatic carbocycles. The molecule has 0 unspecified atom stereocenters. The first-order valence-electron chi connectivity index (χ1n) is 5.79. The zero-order valence-electron chi connectivity index (χ0n) is 10.7. The average molecular weight is 280 g/mol. The second kappa shape index (κ2) is 5.60. The molecule has 0 saturated heterocycles. The summed E-state index contributed by atoms with van der Waals surface area (Å²) in [6.07, 6.45) is 0. The molecule has 1 aromatic carbocycles. The number of aromatic carboxylic acids is 1. The number of thioether (sulfide) groups is 1. The van der Waals surface area contributed by atoms with E-state index in [0.29, 0.717) is 0 Å². The summed E-state index contributed by atoms with van der Waals surface area (Å²) in [5, 5.41) is 19.0. The number of benzene rings is 1. The van der Waals surface area contributed by atoms with Gasteiger partial charge in [0.2, 0.25) is 5.12 Å². The van der Waals surface area contributed by atoms with E-state index in [1.165, 1.54) is 0 Å². The Morgan fingerprint density at radius 1 is 1.37 bits per heavy atom. The molecule has 0 radical (unpaired) electrons. The molecule has 0 atom stereocenters. The summed E-state index contributed by atoms with van der Waals surface area (Å²) in [5.41, 5.74) is 5.12. The maximum Gasteiger partial charge on any atom is 0.335 e. The monoisotopic (exact) mass is 280 g/mol. The number of hydrazone groups is 1. The van der Waals surface area contributed by atoms with Gasteiger partial charge in [-0.15, -0.1) is 0 Å². The number of hydrogen-bond donors (Lipinski definition) is 4. The van der Waals surface area contributed by atoms with Gasteiger partial charge < -0.3 is 5.11 Å². The minimum absolute atomic E-state index is 0.278. The van der Waals surface area contributed by atoms with Gasteiger partial charge in [-0.2, -0.15) is 5.10 Å². The number of carboxylic acid groups (broad SMARTS) is 1. The Kier molecular flexibility index (Phi) is 4.08. The molecule has 2 rings (SSSR count). The van der Waals surface area contributed by atoms with Crippen LogP contribution < -0.4 is 16.1 Å². The molecule has 7 heteroatoms. The highest BCUT2D eigenvalue weighted by atomic mass is 32.2. The summed E-state index contributed by atoms with van der Waals surface area (Å²) in [6.45, 7) is 0. The summed E-state index contributed by atoms with van der Waals surface area (Å²) < 4.78 is 0. The highest BCUT2D eigenvalue weighted by molar-refractivity contribution is 8.01. The maximum absolute atomic E-state index is 10.8. The highest BCUT2D eigenvalue weighted by Gasteiger charge is 2.30. The third kappa shape index (κ3) is 2.89. The normalized spacial score (nSPS) is 17.5. The lowest BCUT2D eigenvalue weighted by atomic mass is 10.1. The van der Waals surface area contributed by atoms with Crippen molar-refractivity contribution < 1.29 is 9.90 Å². The fraction of sp³-hybridized carbons (Fsp3) is 0.333.